The summed E-state index contributed by atoms with van der Waals surface area (Å²) in [7, 11) is 0. The van der Waals surface area contributed by atoms with Crippen molar-refractivity contribution < 1.29 is 14.7 Å². The van der Waals surface area contributed by atoms with Crippen molar-refractivity contribution in [2.75, 3.05) is 5.32 Å². The summed E-state index contributed by atoms with van der Waals surface area (Å²) in [4.78, 5) is 26.0. The van der Waals surface area contributed by atoms with Crippen LogP contribution < -0.4 is 5.32 Å². The van der Waals surface area contributed by atoms with Gasteiger partial charge in [0, 0.05) is 30.9 Å². The molecule has 292 valence electrons. The summed E-state index contributed by atoms with van der Waals surface area (Å²) in [6, 6.07) is 3.57. The lowest BCUT2D eigenvalue weighted by Gasteiger charge is -2.02. The number of carbonyl (C=O) groups excluding carboxylic acids is 1. The molecule has 0 spiro atoms. The maximum Gasteiger partial charge on any atom is 0.303 e. The second-order valence-corrected chi connectivity index (χ2v) is 12.1. The van der Waals surface area contributed by atoms with Crippen molar-refractivity contribution in [2.24, 2.45) is 0 Å². The van der Waals surface area contributed by atoms with Gasteiger partial charge in [0.15, 0.2) is 0 Å². The predicted octanol–water partition coefficient (Wildman–Crippen LogP) is 14.0. The Bertz CT molecular complexity index is 1400. The highest BCUT2D eigenvalue weighted by molar-refractivity contribution is 5.90. The predicted molar refractivity (Wildman–Crippen MR) is 235 cm³/mol. The van der Waals surface area contributed by atoms with Crippen LogP contribution in [-0.2, 0) is 9.59 Å². The van der Waals surface area contributed by atoms with E-state index in [1.54, 1.807) is 24.5 Å². The summed E-state index contributed by atoms with van der Waals surface area (Å²) in [5.41, 5.74) is 0.790. The average Bonchev–Trinajstić information content (AvgIpc) is 3.17. The number of anilines is 1. The molecule has 2 N–H and O–H groups in total. The Morgan fingerprint density at radius 1 is 0.463 bits per heavy atom. The van der Waals surface area contributed by atoms with Crippen LogP contribution in [0.1, 0.15) is 117 Å². The van der Waals surface area contributed by atoms with E-state index in [4.69, 9.17) is 5.11 Å². The molecule has 1 aromatic heterocycles. The van der Waals surface area contributed by atoms with Crippen LogP contribution in [0.5, 0.6) is 0 Å². The molecule has 54 heavy (non-hydrogen) atoms. The minimum Gasteiger partial charge on any atom is -0.481 e. The van der Waals surface area contributed by atoms with Crippen molar-refractivity contribution in [3.8, 4) is 0 Å². The number of pyridine rings is 1. The molecular weight excluding hydrogens is 665 g/mol. The number of aromatic nitrogens is 1. The zero-order valence-corrected chi connectivity index (χ0v) is 33.2. The lowest BCUT2D eigenvalue weighted by Crippen LogP contribution is -2.10. The summed E-state index contributed by atoms with van der Waals surface area (Å²) in [5.74, 6) is -0.713. The highest BCUT2D eigenvalue weighted by Crippen LogP contribution is 2.05. The molecule has 0 fully saturated rings. The van der Waals surface area contributed by atoms with E-state index in [1.165, 1.54) is 0 Å². The van der Waals surface area contributed by atoms with E-state index in [0.717, 1.165) is 89.2 Å². The third-order valence-corrected chi connectivity index (χ3v) is 7.22. The Kier molecular flexibility index (Phi) is 38.4. The van der Waals surface area contributed by atoms with Gasteiger partial charge in [-0.2, -0.15) is 0 Å². The first-order chi connectivity index (χ1) is 26.6. The number of amides is 1. The number of carboxylic acids is 1. The molecule has 0 radical (unpaired) electrons. The fourth-order valence-corrected chi connectivity index (χ4v) is 4.36. The Hall–Kier alpha value is -5.03. The van der Waals surface area contributed by atoms with Gasteiger partial charge in [-0.25, -0.2) is 0 Å². The molecule has 0 saturated carbocycles. The molecule has 5 nitrogen and oxygen atoms in total. The minimum atomic E-state index is -0.741. The summed E-state index contributed by atoms with van der Waals surface area (Å²) < 4.78 is 0. The second kappa shape index (κ2) is 42.4. The smallest absolute Gasteiger partial charge is 0.303 e. The van der Waals surface area contributed by atoms with Crippen molar-refractivity contribution in [3.63, 3.8) is 0 Å². The third-order valence-electron chi connectivity index (χ3n) is 7.22. The van der Waals surface area contributed by atoms with E-state index < -0.39 is 5.97 Å². The van der Waals surface area contributed by atoms with E-state index in [1.807, 2.05) is 12.2 Å². The highest BCUT2D eigenvalue weighted by Gasteiger charge is 1.99. The quantitative estimate of drug-likeness (QED) is 0.0804. The van der Waals surface area contributed by atoms with Crippen LogP contribution in [-0.4, -0.2) is 22.0 Å². The van der Waals surface area contributed by atoms with Crippen LogP contribution in [0.15, 0.2) is 170 Å². The monoisotopic (exact) mass is 733 g/mol. The van der Waals surface area contributed by atoms with Crippen LogP contribution in [0.2, 0.25) is 0 Å². The highest BCUT2D eigenvalue weighted by atomic mass is 16.4. The Morgan fingerprint density at radius 2 is 0.741 bits per heavy atom. The average molecular weight is 733 g/mol. The molecule has 5 heteroatoms. The van der Waals surface area contributed by atoms with Crippen molar-refractivity contribution in [1.29, 1.82) is 0 Å². The van der Waals surface area contributed by atoms with Crippen LogP contribution in [0.4, 0.5) is 5.69 Å². The standard InChI is InChI=1S/C27H36N2O.C22H32O2/c1-2-3-4-5-6-7-8-9-10-11-12-13-14-15-16-17-18-19-20-21-27(30)29-26-22-24-28-25-23-26;1-2-3-4-5-6-7-8-9-10-11-12-13-14-15-16-17-18-19-20-21-22(23)24/h3-4,6-7,9-10,12-13,15-16,18-19,22-25H,2,5,8,11,14,17,20-21H2,1H3,(H,28,29,30);3-4,6-7,9-10,12-13,15-16,18-19H,2,5,8,11,14,17,20-21H2,1H3,(H,23,24)/b2*4-3-,7-6-,10-9-,13-12-,16-15-,19-18-. The Morgan fingerprint density at radius 3 is 1.04 bits per heavy atom. The molecule has 0 aliphatic rings. The maximum atomic E-state index is 11.8. The van der Waals surface area contributed by atoms with Crippen molar-refractivity contribution >= 4 is 17.6 Å². The fourth-order valence-electron chi connectivity index (χ4n) is 4.36. The van der Waals surface area contributed by atoms with Crippen molar-refractivity contribution in [1.82, 2.24) is 4.98 Å². The van der Waals surface area contributed by atoms with Gasteiger partial charge in [-0.1, -0.05) is 160 Å². The van der Waals surface area contributed by atoms with Crippen LogP contribution in [0, 0.1) is 0 Å². The van der Waals surface area contributed by atoms with Crippen LogP contribution >= 0.6 is 0 Å². The SMILES string of the molecule is CC/C=C\C/C=C\C/C=C\C/C=C\C/C=C\C/C=C\CCC(=O)Nc1ccncc1.CC/C=C\C/C=C\C/C=C\C/C=C\C/C=C\C/C=C\CCC(=O)O. The van der Waals surface area contributed by atoms with Gasteiger partial charge in [-0.05, 0) is 102 Å². The van der Waals surface area contributed by atoms with Crippen LogP contribution in [0.25, 0.3) is 0 Å². The molecule has 1 heterocycles. The molecule has 1 aromatic rings. The minimum absolute atomic E-state index is 0.0285. The molecule has 0 bridgehead atoms. The van der Waals surface area contributed by atoms with Gasteiger partial charge in [0.05, 0.1) is 0 Å². The van der Waals surface area contributed by atoms with Crippen molar-refractivity contribution in [3.05, 3.63) is 170 Å². The van der Waals surface area contributed by atoms with Gasteiger partial charge in [0.1, 0.15) is 0 Å². The molecule has 0 aliphatic heterocycles. The number of carbonyl (C=O) groups is 2. The number of rotatable bonds is 29. The number of nitrogens with one attached hydrogen (secondary N) is 1. The first-order valence-electron chi connectivity index (χ1n) is 19.8. The van der Waals surface area contributed by atoms with Gasteiger partial charge in [0.25, 0.3) is 0 Å². The van der Waals surface area contributed by atoms with E-state index in [-0.39, 0.29) is 12.3 Å². The number of nitrogens with zero attached hydrogens (tertiary/aromatic N) is 1. The lowest BCUT2D eigenvalue weighted by molar-refractivity contribution is -0.136. The van der Waals surface area contributed by atoms with E-state index in [2.05, 4.69) is 158 Å². The van der Waals surface area contributed by atoms with Crippen LogP contribution in [0.3, 0.4) is 0 Å². The summed E-state index contributed by atoms with van der Waals surface area (Å²) in [5, 5.41) is 11.3. The van der Waals surface area contributed by atoms with Gasteiger partial charge < -0.3 is 10.4 Å². The van der Waals surface area contributed by atoms with Gasteiger partial charge in [-0.3, -0.25) is 14.6 Å². The molecule has 1 amide bonds. The normalized spacial score (nSPS) is 12.8. The molecule has 0 atom stereocenters. The number of carboxylic acid groups (broad SMARTS) is 1. The Balaban J connectivity index is 0.00000107. The fraction of sp³-hybridized carbons (Fsp3) is 0.367. The Labute approximate surface area is 328 Å². The van der Waals surface area contributed by atoms with Gasteiger partial charge in [0.2, 0.25) is 5.91 Å². The number of allylic oxidation sites excluding steroid dienone is 24. The molecule has 0 unspecified atom stereocenters. The van der Waals surface area contributed by atoms with E-state index >= 15 is 0 Å². The third kappa shape index (κ3) is 41.4. The summed E-state index contributed by atoms with van der Waals surface area (Å²) in [6.45, 7) is 4.30. The lowest BCUT2D eigenvalue weighted by atomic mass is 10.2. The second-order valence-electron chi connectivity index (χ2n) is 12.1. The van der Waals surface area contributed by atoms with Crippen molar-refractivity contribution in [2.45, 2.75) is 117 Å². The van der Waals surface area contributed by atoms with E-state index in [9.17, 15) is 9.59 Å². The molecule has 0 aliphatic carbocycles. The molecular formula is C49H68N2O3. The molecule has 0 aromatic carbocycles. The number of hydrogen-bond acceptors (Lipinski definition) is 3. The van der Waals surface area contributed by atoms with Gasteiger partial charge in [-0.15, -0.1) is 0 Å². The summed E-state index contributed by atoms with van der Waals surface area (Å²) >= 11 is 0. The molecule has 1 rings (SSSR count). The largest absolute Gasteiger partial charge is 0.481 e. The van der Waals surface area contributed by atoms with Gasteiger partial charge >= 0.3 is 5.97 Å². The zero-order chi connectivity index (χ0) is 39.3. The van der Waals surface area contributed by atoms with E-state index in [0.29, 0.717) is 12.8 Å². The zero-order valence-electron chi connectivity index (χ0n) is 33.2. The molecule has 0 saturated heterocycles. The maximum absolute atomic E-state index is 11.8. The summed E-state index contributed by atoms with van der Waals surface area (Å²) in [6.07, 6.45) is 69.2. The number of hydrogen-bond donors (Lipinski definition) is 2. The topological polar surface area (TPSA) is 79.3 Å². The number of aliphatic carboxylic acids is 1. The first-order valence-corrected chi connectivity index (χ1v) is 19.8. The first kappa shape index (κ1) is 49.0.